The molecule has 0 amide bonds. The van der Waals surface area contributed by atoms with Gasteiger partial charge >= 0.3 is 5.97 Å². The Morgan fingerprint density at radius 1 is 1.29 bits per heavy atom. The summed E-state index contributed by atoms with van der Waals surface area (Å²) >= 11 is 0. The standard InChI is InChI=1S/C15H19N3O3/c1-3-7-18(8-4-2)15-16-12-9-10(14(20)21)5-6-11(12)13(19)17-15/h5-6,9H,3-4,7-8H2,1-2H3,(H,20,21)(H,16,17,19). The number of anilines is 1. The van der Waals surface area contributed by atoms with E-state index in [4.69, 9.17) is 5.11 Å². The summed E-state index contributed by atoms with van der Waals surface area (Å²) in [5, 5.41) is 9.44. The molecule has 0 spiro atoms. The van der Waals surface area contributed by atoms with Gasteiger partial charge in [0.2, 0.25) is 5.95 Å². The van der Waals surface area contributed by atoms with Crippen LogP contribution in [0.1, 0.15) is 37.0 Å². The number of fused-ring (bicyclic) bond motifs is 1. The topological polar surface area (TPSA) is 86.3 Å². The first-order valence-corrected chi connectivity index (χ1v) is 7.09. The Bertz CT molecular complexity index is 703. The minimum atomic E-state index is -1.03. The number of nitrogens with zero attached hydrogens (tertiary/aromatic N) is 2. The fourth-order valence-electron chi connectivity index (χ4n) is 2.27. The molecule has 1 aromatic heterocycles. The Morgan fingerprint density at radius 3 is 2.52 bits per heavy atom. The highest BCUT2D eigenvalue weighted by Crippen LogP contribution is 2.14. The Labute approximate surface area is 122 Å². The van der Waals surface area contributed by atoms with Gasteiger partial charge in [-0.05, 0) is 31.0 Å². The number of H-pyrrole nitrogens is 1. The van der Waals surface area contributed by atoms with Gasteiger partial charge in [-0.15, -0.1) is 0 Å². The second-order valence-corrected chi connectivity index (χ2v) is 4.91. The van der Waals surface area contributed by atoms with Gasteiger partial charge in [0.15, 0.2) is 0 Å². The summed E-state index contributed by atoms with van der Waals surface area (Å²) in [6.07, 6.45) is 1.88. The molecule has 2 rings (SSSR count). The van der Waals surface area contributed by atoms with E-state index in [1.165, 1.54) is 18.2 Å². The third kappa shape index (κ3) is 3.21. The number of carboxylic acid groups (broad SMARTS) is 1. The lowest BCUT2D eigenvalue weighted by Crippen LogP contribution is -2.29. The zero-order valence-corrected chi connectivity index (χ0v) is 12.2. The Morgan fingerprint density at radius 2 is 1.95 bits per heavy atom. The van der Waals surface area contributed by atoms with Crippen LogP contribution in [0.3, 0.4) is 0 Å². The molecule has 0 saturated heterocycles. The van der Waals surface area contributed by atoms with E-state index in [0.29, 0.717) is 16.9 Å². The molecule has 0 atom stereocenters. The number of aromatic nitrogens is 2. The maximum atomic E-state index is 12.1. The van der Waals surface area contributed by atoms with E-state index in [-0.39, 0.29) is 11.1 Å². The van der Waals surface area contributed by atoms with Gasteiger partial charge in [0.1, 0.15) is 0 Å². The van der Waals surface area contributed by atoms with Crippen LogP contribution in [-0.4, -0.2) is 34.1 Å². The first kappa shape index (κ1) is 15.0. The van der Waals surface area contributed by atoms with Crippen LogP contribution in [-0.2, 0) is 0 Å². The second-order valence-electron chi connectivity index (χ2n) is 4.91. The third-order valence-corrected chi connectivity index (χ3v) is 3.23. The predicted octanol–water partition coefficient (Wildman–Crippen LogP) is 2.25. The van der Waals surface area contributed by atoms with E-state index in [2.05, 4.69) is 23.8 Å². The fraction of sp³-hybridized carbons (Fsp3) is 0.400. The number of carbonyl (C=O) groups is 1. The van der Waals surface area contributed by atoms with Gasteiger partial charge in [-0.25, -0.2) is 9.78 Å². The molecule has 0 saturated carbocycles. The van der Waals surface area contributed by atoms with Gasteiger partial charge in [-0.1, -0.05) is 13.8 Å². The molecule has 0 radical (unpaired) electrons. The molecule has 112 valence electrons. The highest BCUT2D eigenvalue weighted by atomic mass is 16.4. The van der Waals surface area contributed by atoms with Gasteiger partial charge in [0, 0.05) is 13.1 Å². The summed E-state index contributed by atoms with van der Waals surface area (Å²) in [6, 6.07) is 4.35. The van der Waals surface area contributed by atoms with Crippen molar-refractivity contribution in [1.29, 1.82) is 0 Å². The fourth-order valence-corrected chi connectivity index (χ4v) is 2.27. The average molecular weight is 289 g/mol. The molecule has 1 aromatic carbocycles. The quantitative estimate of drug-likeness (QED) is 0.851. The number of aromatic carboxylic acids is 1. The van der Waals surface area contributed by atoms with Gasteiger partial charge in [0.05, 0.1) is 16.5 Å². The normalized spacial score (nSPS) is 10.8. The minimum absolute atomic E-state index is 0.129. The number of benzene rings is 1. The minimum Gasteiger partial charge on any atom is -0.478 e. The SMILES string of the molecule is CCCN(CCC)c1nc2cc(C(=O)O)ccc2c(=O)[nH]1. The molecule has 6 nitrogen and oxygen atoms in total. The van der Waals surface area contributed by atoms with Gasteiger partial charge in [0.25, 0.3) is 5.56 Å². The molecule has 0 unspecified atom stereocenters. The van der Waals surface area contributed by atoms with Gasteiger partial charge < -0.3 is 10.0 Å². The molecule has 0 aliphatic heterocycles. The lowest BCUT2D eigenvalue weighted by molar-refractivity contribution is 0.0697. The third-order valence-electron chi connectivity index (χ3n) is 3.23. The molecule has 0 bridgehead atoms. The van der Waals surface area contributed by atoms with Crippen LogP contribution in [0.25, 0.3) is 10.9 Å². The zero-order chi connectivity index (χ0) is 15.4. The maximum absolute atomic E-state index is 12.1. The highest BCUT2D eigenvalue weighted by Gasteiger charge is 2.12. The summed E-state index contributed by atoms with van der Waals surface area (Å²) in [5.74, 6) is -0.529. The number of carboxylic acids is 1. The Hall–Kier alpha value is -2.37. The first-order chi connectivity index (χ1) is 10.1. The van der Waals surface area contributed by atoms with Crippen molar-refractivity contribution in [3.8, 4) is 0 Å². The van der Waals surface area contributed by atoms with E-state index >= 15 is 0 Å². The van der Waals surface area contributed by atoms with Crippen LogP contribution < -0.4 is 10.5 Å². The van der Waals surface area contributed by atoms with Crippen molar-refractivity contribution in [2.75, 3.05) is 18.0 Å². The van der Waals surface area contributed by atoms with Crippen LogP contribution in [0.2, 0.25) is 0 Å². The summed E-state index contributed by atoms with van der Waals surface area (Å²) < 4.78 is 0. The van der Waals surface area contributed by atoms with Crippen molar-refractivity contribution in [2.24, 2.45) is 0 Å². The van der Waals surface area contributed by atoms with Crippen molar-refractivity contribution in [3.05, 3.63) is 34.1 Å². The number of nitrogens with one attached hydrogen (secondary N) is 1. The maximum Gasteiger partial charge on any atom is 0.335 e. The molecule has 0 fully saturated rings. The number of hydrogen-bond acceptors (Lipinski definition) is 4. The molecule has 2 N–H and O–H groups in total. The smallest absolute Gasteiger partial charge is 0.335 e. The van der Waals surface area contributed by atoms with E-state index in [1.807, 2.05) is 4.90 Å². The monoisotopic (exact) mass is 289 g/mol. The van der Waals surface area contributed by atoms with Crippen molar-refractivity contribution >= 4 is 22.8 Å². The van der Waals surface area contributed by atoms with Crippen LogP contribution >= 0.6 is 0 Å². The molecule has 21 heavy (non-hydrogen) atoms. The van der Waals surface area contributed by atoms with Crippen LogP contribution in [0.15, 0.2) is 23.0 Å². The summed E-state index contributed by atoms with van der Waals surface area (Å²) in [7, 11) is 0. The number of aromatic amines is 1. The van der Waals surface area contributed by atoms with Crippen LogP contribution in [0, 0.1) is 0 Å². The van der Waals surface area contributed by atoms with Crippen LogP contribution in [0.5, 0.6) is 0 Å². The van der Waals surface area contributed by atoms with E-state index in [0.717, 1.165) is 25.9 Å². The van der Waals surface area contributed by atoms with E-state index in [1.54, 1.807) is 0 Å². The van der Waals surface area contributed by atoms with E-state index < -0.39 is 5.97 Å². The molecule has 0 aliphatic rings. The van der Waals surface area contributed by atoms with Crippen molar-refractivity contribution in [1.82, 2.24) is 9.97 Å². The molecule has 0 aliphatic carbocycles. The lowest BCUT2D eigenvalue weighted by Gasteiger charge is -2.22. The Balaban J connectivity index is 2.55. The van der Waals surface area contributed by atoms with Gasteiger partial charge in [-0.2, -0.15) is 0 Å². The molecular formula is C15H19N3O3. The molecule has 2 aromatic rings. The van der Waals surface area contributed by atoms with Crippen molar-refractivity contribution in [3.63, 3.8) is 0 Å². The largest absolute Gasteiger partial charge is 0.478 e. The molecular weight excluding hydrogens is 270 g/mol. The molecule has 6 heteroatoms. The predicted molar refractivity (Wildman–Crippen MR) is 82.1 cm³/mol. The highest BCUT2D eigenvalue weighted by molar-refractivity contribution is 5.93. The Kier molecular flexibility index (Phi) is 4.57. The molecule has 1 heterocycles. The average Bonchev–Trinajstić information content (AvgIpc) is 2.46. The summed E-state index contributed by atoms with van der Waals surface area (Å²) in [5.41, 5.74) is 0.291. The summed E-state index contributed by atoms with van der Waals surface area (Å²) in [6.45, 7) is 5.70. The van der Waals surface area contributed by atoms with Crippen molar-refractivity contribution in [2.45, 2.75) is 26.7 Å². The van der Waals surface area contributed by atoms with Gasteiger partial charge in [-0.3, -0.25) is 9.78 Å². The second kappa shape index (κ2) is 6.39. The zero-order valence-electron chi connectivity index (χ0n) is 12.2. The summed E-state index contributed by atoms with van der Waals surface area (Å²) in [4.78, 5) is 32.4. The van der Waals surface area contributed by atoms with E-state index in [9.17, 15) is 9.59 Å². The number of hydrogen-bond donors (Lipinski definition) is 2. The van der Waals surface area contributed by atoms with Crippen molar-refractivity contribution < 1.29 is 9.90 Å². The lowest BCUT2D eigenvalue weighted by atomic mass is 10.1. The first-order valence-electron chi connectivity index (χ1n) is 7.09. The van der Waals surface area contributed by atoms with Crippen LogP contribution in [0.4, 0.5) is 5.95 Å². The number of rotatable bonds is 6.